The molecule has 1 saturated heterocycles. The number of aromatic carboxylic acids is 1. The van der Waals surface area contributed by atoms with Crippen LogP contribution >= 0.6 is 27.7 Å². The van der Waals surface area contributed by atoms with E-state index in [0.717, 1.165) is 10.0 Å². The molecule has 0 aromatic heterocycles. The average molecular weight is 505 g/mol. The summed E-state index contributed by atoms with van der Waals surface area (Å²) >= 11 is 4.77. The number of carbonyl (C=O) groups is 2. The van der Waals surface area contributed by atoms with Crippen LogP contribution in [0.4, 0.5) is 5.69 Å². The first kappa shape index (κ1) is 22.9. The number of carboxylic acids is 1. The van der Waals surface area contributed by atoms with Gasteiger partial charge in [-0.2, -0.15) is 0 Å². The van der Waals surface area contributed by atoms with E-state index in [4.69, 9.17) is 14.6 Å². The highest BCUT2D eigenvalue weighted by Gasteiger charge is 2.30. The van der Waals surface area contributed by atoms with Crippen molar-refractivity contribution in [3.63, 3.8) is 0 Å². The molecule has 2 aromatic carbocycles. The third-order valence-corrected chi connectivity index (χ3v) is 5.91. The van der Waals surface area contributed by atoms with Gasteiger partial charge in [0, 0.05) is 7.05 Å². The van der Waals surface area contributed by atoms with E-state index in [9.17, 15) is 9.59 Å². The number of amides is 1. The average Bonchev–Trinajstić information content (AvgIpc) is 2.99. The summed E-state index contributed by atoms with van der Waals surface area (Å²) in [5.41, 5.74) is 1.53. The summed E-state index contributed by atoms with van der Waals surface area (Å²) in [5, 5.41) is 9.52. The Labute approximate surface area is 192 Å². The van der Waals surface area contributed by atoms with Gasteiger partial charge in [-0.1, -0.05) is 0 Å². The zero-order valence-corrected chi connectivity index (χ0v) is 19.6. The molecule has 0 bridgehead atoms. The Bertz CT molecular complexity index is 1070. The molecule has 1 aliphatic rings. The molecule has 9 heteroatoms. The van der Waals surface area contributed by atoms with Crippen LogP contribution in [0.2, 0.25) is 0 Å². The summed E-state index contributed by atoms with van der Waals surface area (Å²) in [7, 11) is 1.65. The number of ether oxygens (including phenoxy) is 2. The molecule has 0 spiro atoms. The molecule has 0 saturated carbocycles. The van der Waals surface area contributed by atoms with Crippen molar-refractivity contribution in [1.29, 1.82) is 0 Å². The lowest BCUT2D eigenvalue weighted by atomic mass is 10.2. The fourth-order valence-electron chi connectivity index (χ4n) is 2.81. The molecule has 7 nitrogen and oxygen atoms in total. The Kier molecular flexibility index (Phi) is 7.40. The van der Waals surface area contributed by atoms with Gasteiger partial charge in [0.2, 0.25) is 0 Å². The summed E-state index contributed by atoms with van der Waals surface area (Å²) in [6, 6.07) is 9.87. The minimum atomic E-state index is -1.00. The molecule has 0 aliphatic carbocycles. The Morgan fingerprint density at radius 2 is 1.87 bits per heavy atom. The number of rotatable bonds is 7. The van der Waals surface area contributed by atoms with Gasteiger partial charge in [0.05, 0.1) is 33.8 Å². The van der Waals surface area contributed by atoms with E-state index >= 15 is 0 Å². The van der Waals surface area contributed by atoms with Crippen molar-refractivity contribution in [2.45, 2.75) is 13.8 Å². The number of hydrogen-bond donors (Lipinski definition) is 1. The molecule has 1 fully saturated rings. The second-order valence-electron chi connectivity index (χ2n) is 6.42. The van der Waals surface area contributed by atoms with Crippen LogP contribution in [0.3, 0.4) is 0 Å². The van der Waals surface area contributed by atoms with E-state index in [1.165, 1.54) is 28.8 Å². The number of likely N-dealkylation sites (N-methyl/N-ethyl adjacent to an activating group) is 1. The Morgan fingerprint density at radius 1 is 1.19 bits per heavy atom. The minimum absolute atomic E-state index is 0.172. The molecule has 0 radical (unpaired) electrons. The largest absolute Gasteiger partial charge is 0.490 e. The van der Waals surface area contributed by atoms with E-state index in [0.29, 0.717) is 40.5 Å². The number of amidine groups is 1. The van der Waals surface area contributed by atoms with E-state index < -0.39 is 5.97 Å². The maximum absolute atomic E-state index is 12.7. The maximum Gasteiger partial charge on any atom is 0.335 e. The van der Waals surface area contributed by atoms with Gasteiger partial charge in [0.1, 0.15) is 0 Å². The van der Waals surface area contributed by atoms with Gasteiger partial charge in [0.15, 0.2) is 16.7 Å². The Morgan fingerprint density at radius 3 is 2.48 bits per heavy atom. The molecule has 1 N–H and O–H groups in total. The van der Waals surface area contributed by atoms with Gasteiger partial charge in [0.25, 0.3) is 5.91 Å². The molecule has 1 amide bonds. The van der Waals surface area contributed by atoms with E-state index in [1.807, 2.05) is 26.0 Å². The van der Waals surface area contributed by atoms with Crippen molar-refractivity contribution in [1.82, 2.24) is 4.90 Å². The summed E-state index contributed by atoms with van der Waals surface area (Å²) in [5.74, 6) is 0.0524. The lowest BCUT2D eigenvalue weighted by molar-refractivity contribution is -0.121. The number of carboxylic acid groups (broad SMARTS) is 1. The number of nitrogens with zero attached hydrogens (tertiary/aromatic N) is 2. The molecule has 1 aliphatic heterocycles. The van der Waals surface area contributed by atoms with Crippen LogP contribution in [0.15, 0.2) is 50.8 Å². The number of carbonyl (C=O) groups excluding carboxylic acids is 1. The Hall–Kier alpha value is -2.78. The quantitative estimate of drug-likeness (QED) is 0.522. The topological polar surface area (TPSA) is 88.4 Å². The lowest BCUT2D eigenvalue weighted by Gasteiger charge is -2.13. The maximum atomic E-state index is 12.7. The van der Waals surface area contributed by atoms with E-state index in [-0.39, 0.29) is 11.5 Å². The van der Waals surface area contributed by atoms with Crippen LogP contribution < -0.4 is 9.47 Å². The molecular weight excluding hydrogens is 484 g/mol. The SMILES string of the molecule is CCOc1cc(C=C2SC(=Nc3ccc(C(=O)O)cc3)N(C)C2=O)cc(Br)c1OCC. The predicted molar refractivity (Wildman–Crippen MR) is 125 cm³/mol. The van der Waals surface area contributed by atoms with Crippen LogP contribution in [0, 0.1) is 0 Å². The van der Waals surface area contributed by atoms with Crippen LogP contribution in [0.25, 0.3) is 6.08 Å². The second-order valence-corrected chi connectivity index (χ2v) is 8.28. The number of benzene rings is 2. The second kappa shape index (κ2) is 10.0. The van der Waals surface area contributed by atoms with E-state index in [1.54, 1.807) is 25.3 Å². The molecule has 2 aromatic rings. The van der Waals surface area contributed by atoms with Crippen LogP contribution in [0.5, 0.6) is 11.5 Å². The summed E-state index contributed by atoms with van der Waals surface area (Å²) in [6.45, 7) is 4.79. The van der Waals surface area contributed by atoms with Crippen molar-refractivity contribution in [3.8, 4) is 11.5 Å². The summed E-state index contributed by atoms with van der Waals surface area (Å²) < 4.78 is 12.1. The molecule has 3 rings (SSSR count). The van der Waals surface area contributed by atoms with E-state index in [2.05, 4.69) is 20.9 Å². The van der Waals surface area contributed by atoms with Crippen molar-refractivity contribution in [2.24, 2.45) is 4.99 Å². The highest BCUT2D eigenvalue weighted by molar-refractivity contribution is 9.10. The van der Waals surface area contributed by atoms with Gasteiger partial charge < -0.3 is 14.6 Å². The van der Waals surface area contributed by atoms with Gasteiger partial charge in [-0.15, -0.1) is 0 Å². The first-order chi connectivity index (χ1) is 14.8. The van der Waals surface area contributed by atoms with Crippen LogP contribution in [-0.2, 0) is 4.79 Å². The number of hydrogen-bond acceptors (Lipinski definition) is 6. The first-order valence-electron chi connectivity index (χ1n) is 9.52. The smallest absolute Gasteiger partial charge is 0.335 e. The van der Waals surface area contributed by atoms with Crippen molar-refractivity contribution >= 4 is 56.5 Å². The molecule has 0 unspecified atom stereocenters. The highest BCUT2D eigenvalue weighted by Crippen LogP contribution is 2.39. The van der Waals surface area contributed by atoms with Crippen LogP contribution in [-0.4, -0.2) is 47.3 Å². The minimum Gasteiger partial charge on any atom is -0.490 e. The predicted octanol–water partition coefficient (Wildman–Crippen LogP) is 5.18. The van der Waals surface area contributed by atoms with Gasteiger partial charge in [-0.05, 0) is 89.6 Å². The first-order valence-corrected chi connectivity index (χ1v) is 11.1. The standard InChI is InChI=1S/C22H21BrN2O5S/c1-4-29-17-11-13(10-16(23)19(17)30-5-2)12-18-20(26)25(3)22(31-18)24-15-8-6-14(7-9-15)21(27)28/h6-12H,4-5H2,1-3H3,(H,27,28). The highest BCUT2D eigenvalue weighted by atomic mass is 79.9. The molecule has 162 valence electrons. The normalized spacial score (nSPS) is 16.3. The number of halogens is 1. The van der Waals surface area contributed by atoms with Crippen molar-refractivity contribution < 1.29 is 24.2 Å². The fraction of sp³-hybridized carbons (Fsp3) is 0.227. The Balaban J connectivity index is 1.90. The van der Waals surface area contributed by atoms with Crippen molar-refractivity contribution in [3.05, 3.63) is 56.9 Å². The molecule has 31 heavy (non-hydrogen) atoms. The lowest BCUT2D eigenvalue weighted by Crippen LogP contribution is -2.23. The zero-order valence-electron chi connectivity index (χ0n) is 17.2. The van der Waals surface area contributed by atoms with Crippen LogP contribution in [0.1, 0.15) is 29.8 Å². The summed E-state index contributed by atoms with van der Waals surface area (Å²) in [6.07, 6.45) is 1.78. The van der Waals surface area contributed by atoms with Gasteiger partial charge >= 0.3 is 5.97 Å². The van der Waals surface area contributed by atoms with Gasteiger partial charge in [-0.25, -0.2) is 9.79 Å². The van der Waals surface area contributed by atoms with Crippen molar-refractivity contribution in [2.75, 3.05) is 20.3 Å². The fourth-order valence-corrected chi connectivity index (χ4v) is 4.37. The summed E-state index contributed by atoms with van der Waals surface area (Å²) in [4.78, 5) is 30.2. The number of aliphatic imine (C=N–C) groups is 1. The third kappa shape index (κ3) is 5.29. The zero-order chi connectivity index (χ0) is 22.5. The van der Waals surface area contributed by atoms with Gasteiger partial charge in [-0.3, -0.25) is 9.69 Å². The number of thioether (sulfide) groups is 1. The molecule has 0 atom stereocenters. The molecule has 1 heterocycles. The monoisotopic (exact) mass is 504 g/mol. The molecular formula is C22H21BrN2O5S. The third-order valence-electron chi connectivity index (χ3n) is 4.26.